The minimum Gasteiger partial charge on any atom is -0.377 e. The van der Waals surface area contributed by atoms with Crippen LogP contribution in [-0.4, -0.2) is 38.1 Å². The molecule has 1 aliphatic rings. The van der Waals surface area contributed by atoms with Gasteiger partial charge in [0.15, 0.2) is 0 Å². The summed E-state index contributed by atoms with van der Waals surface area (Å²) in [7, 11) is -2.09. The van der Waals surface area contributed by atoms with Gasteiger partial charge in [-0.15, -0.1) is 0 Å². The van der Waals surface area contributed by atoms with Gasteiger partial charge in [0, 0.05) is 19.8 Å². The molecule has 0 bridgehead atoms. The number of ether oxygens (including phenoxy) is 1. The Hall–Kier alpha value is -1.38. The lowest BCUT2D eigenvalue weighted by Gasteiger charge is -2.28. The van der Waals surface area contributed by atoms with Gasteiger partial charge in [-0.05, 0) is 24.8 Å². The van der Waals surface area contributed by atoms with Crippen LogP contribution in [0.2, 0.25) is 0 Å². The summed E-state index contributed by atoms with van der Waals surface area (Å²) in [6, 6.07) is 1.27. The van der Waals surface area contributed by atoms with E-state index in [-0.39, 0.29) is 23.2 Å². The largest absolute Gasteiger partial charge is 0.377 e. The van der Waals surface area contributed by atoms with Gasteiger partial charge in [0.05, 0.1) is 12.7 Å². The highest BCUT2D eigenvalue weighted by Gasteiger charge is 2.22. The van der Waals surface area contributed by atoms with Crippen LogP contribution >= 0.6 is 0 Å². The van der Waals surface area contributed by atoms with Gasteiger partial charge in [-0.25, -0.2) is 13.1 Å². The van der Waals surface area contributed by atoms with Crippen molar-refractivity contribution in [1.29, 1.82) is 0 Å². The summed E-state index contributed by atoms with van der Waals surface area (Å²) in [6.07, 6.45) is 6.19. The molecule has 0 aliphatic heterocycles. The van der Waals surface area contributed by atoms with E-state index in [1.807, 2.05) is 0 Å². The van der Waals surface area contributed by atoms with Gasteiger partial charge in [0.1, 0.15) is 10.6 Å². The summed E-state index contributed by atoms with van der Waals surface area (Å²) in [5, 5.41) is 0. The molecule has 2 unspecified atom stereocenters. The van der Waals surface area contributed by atoms with Crippen molar-refractivity contribution in [3.05, 3.63) is 18.0 Å². The highest BCUT2D eigenvalue weighted by atomic mass is 32.2. The van der Waals surface area contributed by atoms with Crippen LogP contribution < -0.4 is 10.5 Å². The second-order valence-corrected chi connectivity index (χ2v) is 7.87. The molecule has 0 radical (unpaired) electrons. The van der Waals surface area contributed by atoms with E-state index in [1.165, 1.54) is 29.7 Å². The number of primary amides is 1. The number of aryl methyl sites for hydroxylation is 1. The lowest BCUT2D eigenvalue weighted by Crippen LogP contribution is -2.31. The highest BCUT2D eigenvalue weighted by molar-refractivity contribution is 7.89. The van der Waals surface area contributed by atoms with E-state index in [1.54, 1.807) is 7.05 Å². The number of nitrogens with one attached hydrogen (secondary N) is 1. The molecule has 2 rings (SSSR count). The maximum absolute atomic E-state index is 12.2. The Balaban J connectivity index is 1.86. The quantitative estimate of drug-likeness (QED) is 0.721. The molecule has 130 valence electrons. The second kappa shape index (κ2) is 7.46. The number of amides is 1. The van der Waals surface area contributed by atoms with Gasteiger partial charge in [-0.3, -0.25) is 4.79 Å². The van der Waals surface area contributed by atoms with Crippen LogP contribution in [0.3, 0.4) is 0 Å². The lowest BCUT2D eigenvalue weighted by molar-refractivity contribution is -0.00176. The molecule has 1 aromatic heterocycles. The van der Waals surface area contributed by atoms with Gasteiger partial charge in [-0.1, -0.05) is 19.8 Å². The first kappa shape index (κ1) is 18.0. The Morgan fingerprint density at radius 1 is 1.43 bits per heavy atom. The first-order chi connectivity index (χ1) is 10.8. The van der Waals surface area contributed by atoms with Crippen molar-refractivity contribution in [3.63, 3.8) is 0 Å². The monoisotopic (exact) mass is 343 g/mol. The Morgan fingerprint density at radius 2 is 2.13 bits per heavy atom. The molecule has 1 saturated carbocycles. The molecule has 1 fully saturated rings. The summed E-state index contributed by atoms with van der Waals surface area (Å²) in [6.45, 7) is 2.71. The van der Waals surface area contributed by atoms with Crippen molar-refractivity contribution in [2.75, 3.05) is 13.2 Å². The molecule has 0 aromatic carbocycles. The smallest absolute Gasteiger partial charge is 0.265 e. The van der Waals surface area contributed by atoms with Crippen molar-refractivity contribution < 1.29 is 17.9 Å². The first-order valence-corrected chi connectivity index (χ1v) is 9.37. The summed E-state index contributed by atoms with van der Waals surface area (Å²) in [4.78, 5) is 11.2. The summed E-state index contributed by atoms with van der Waals surface area (Å²) >= 11 is 0. The summed E-state index contributed by atoms with van der Waals surface area (Å²) < 4.78 is 34.1. The number of hydrogen-bond donors (Lipinski definition) is 2. The van der Waals surface area contributed by atoms with E-state index >= 15 is 0 Å². The Kier molecular flexibility index (Phi) is 5.83. The van der Waals surface area contributed by atoms with Crippen LogP contribution in [0.15, 0.2) is 17.2 Å². The molecule has 8 heteroatoms. The number of rotatable bonds is 7. The summed E-state index contributed by atoms with van der Waals surface area (Å²) in [5.41, 5.74) is 5.34. The van der Waals surface area contributed by atoms with Crippen molar-refractivity contribution in [2.24, 2.45) is 18.7 Å². The zero-order valence-electron chi connectivity index (χ0n) is 13.6. The van der Waals surface area contributed by atoms with Crippen LogP contribution in [-0.2, 0) is 21.8 Å². The van der Waals surface area contributed by atoms with E-state index in [9.17, 15) is 13.2 Å². The predicted molar refractivity (Wildman–Crippen MR) is 86.5 cm³/mol. The van der Waals surface area contributed by atoms with Crippen LogP contribution in [0, 0.1) is 5.92 Å². The number of nitrogens with two attached hydrogens (primary N) is 1. The maximum Gasteiger partial charge on any atom is 0.265 e. The van der Waals surface area contributed by atoms with Crippen molar-refractivity contribution in [2.45, 2.75) is 43.6 Å². The zero-order chi connectivity index (χ0) is 17.0. The molecule has 23 heavy (non-hydrogen) atoms. The fourth-order valence-electron chi connectivity index (χ4n) is 2.93. The third kappa shape index (κ3) is 4.55. The number of hydrogen-bond acceptors (Lipinski definition) is 4. The van der Waals surface area contributed by atoms with Gasteiger partial charge >= 0.3 is 0 Å². The number of carbonyl (C=O) groups excluding carboxylic acids is 1. The van der Waals surface area contributed by atoms with E-state index in [2.05, 4.69) is 11.6 Å². The van der Waals surface area contributed by atoms with Crippen LogP contribution in [0.4, 0.5) is 0 Å². The van der Waals surface area contributed by atoms with Gasteiger partial charge in [0.2, 0.25) is 10.0 Å². The lowest BCUT2D eigenvalue weighted by atomic mass is 9.88. The number of carbonyl (C=O) groups is 1. The van der Waals surface area contributed by atoms with E-state index in [0.29, 0.717) is 12.5 Å². The van der Waals surface area contributed by atoms with Crippen molar-refractivity contribution in [1.82, 2.24) is 9.29 Å². The van der Waals surface area contributed by atoms with E-state index in [4.69, 9.17) is 10.5 Å². The minimum absolute atomic E-state index is 0.0276. The Labute approximate surface area is 137 Å². The fraction of sp³-hybridized carbons (Fsp3) is 0.667. The molecule has 1 heterocycles. The van der Waals surface area contributed by atoms with Gasteiger partial charge in [0.25, 0.3) is 5.91 Å². The molecule has 3 N–H and O–H groups in total. The highest BCUT2D eigenvalue weighted by Crippen LogP contribution is 2.26. The van der Waals surface area contributed by atoms with Crippen molar-refractivity contribution >= 4 is 15.9 Å². The second-order valence-electron chi connectivity index (χ2n) is 6.10. The molecule has 1 aromatic rings. The van der Waals surface area contributed by atoms with Crippen molar-refractivity contribution in [3.8, 4) is 0 Å². The van der Waals surface area contributed by atoms with Gasteiger partial charge in [-0.2, -0.15) is 0 Å². The van der Waals surface area contributed by atoms with Crippen LogP contribution in [0.5, 0.6) is 0 Å². The number of nitrogens with zero attached hydrogens (tertiary/aromatic N) is 1. The molecule has 7 nitrogen and oxygen atoms in total. The van der Waals surface area contributed by atoms with Crippen LogP contribution in [0.25, 0.3) is 0 Å². The minimum atomic E-state index is -3.67. The molecule has 2 atom stereocenters. The molecule has 1 aliphatic carbocycles. The average molecular weight is 343 g/mol. The van der Waals surface area contributed by atoms with Crippen LogP contribution in [0.1, 0.15) is 43.1 Å². The number of sulfonamides is 1. The number of aromatic nitrogens is 1. The Bertz CT molecular complexity index is 654. The van der Waals surface area contributed by atoms with E-state index < -0.39 is 15.9 Å². The molecule has 0 spiro atoms. The maximum atomic E-state index is 12.2. The normalized spacial score (nSPS) is 22.2. The molecule has 1 amide bonds. The molecular weight excluding hydrogens is 318 g/mol. The van der Waals surface area contributed by atoms with E-state index in [0.717, 1.165) is 12.8 Å². The molecular formula is C15H25N3O4S. The standard InChI is InChI=1S/C15H25N3O4S/c1-11-5-3-4-6-14(11)22-8-7-17-23(20,21)12-9-13(15(16)19)18(2)10-12/h9-11,14,17H,3-8H2,1-2H3,(H2,16,19). The topological polar surface area (TPSA) is 103 Å². The first-order valence-electron chi connectivity index (χ1n) is 7.88. The predicted octanol–water partition coefficient (Wildman–Crippen LogP) is 0.998. The Morgan fingerprint density at radius 3 is 2.74 bits per heavy atom. The zero-order valence-corrected chi connectivity index (χ0v) is 14.4. The third-order valence-corrected chi connectivity index (χ3v) is 5.73. The SMILES string of the molecule is CC1CCCCC1OCCNS(=O)(=O)c1cc(C(N)=O)n(C)c1. The average Bonchev–Trinajstić information content (AvgIpc) is 2.88. The third-order valence-electron chi connectivity index (χ3n) is 4.30. The van der Waals surface area contributed by atoms with Gasteiger partial charge < -0.3 is 15.0 Å². The summed E-state index contributed by atoms with van der Waals surface area (Å²) in [5.74, 6) is -0.142. The fourth-order valence-corrected chi connectivity index (χ4v) is 4.01. The molecule has 0 saturated heterocycles.